The minimum absolute atomic E-state index is 0.170. The lowest BCUT2D eigenvalue weighted by Crippen LogP contribution is -2.36. The van der Waals surface area contributed by atoms with Gasteiger partial charge in [-0.1, -0.05) is 23.8 Å². The number of amides is 3. The number of urea groups is 1. The van der Waals surface area contributed by atoms with Gasteiger partial charge in [-0.25, -0.2) is 4.79 Å². The smallest absolute Gasteiger partial charge is 0.322 e. The van der Waals surface area contributed by atoms with Gasteiger partial charge in [0.2, 0.25) is 0 Å². The Bertz CT molecular complexity index is 757. The van der Waals surface area contributed by atoms with E-state index in [2.05, 4.69) is 15.2 Å². The summed E-state index contributed by atoms with van der Waals surface area (Å²) in [6.07, 6.45) is 2.43. The number of nitrogens with two attached hydrogens (primary N) is 1. The molecule has 0 bridgehead atoms. The van der Waals surface area contributed by atoms with E-state index < -0.39 is 5.91 Å². The fourth-order valence-electron chi connectivity index (χ4n) is 2.55. The molecular formula is C20H27N5O2. The van der Waals surface area contributed by atoms with Crippen LogP contribution in [0.15, 0.2) is 42.6 Å². The largest absolute Gasteiger partial charge is 0.364 e. The van der Waals surface area contributed by atoms with E-state index in [0.29, 0.717) is 13.1 Å². The highest BCUT2D eigenvalue weighted by molar-refractivity contribution is 5.91. The zero-order valence-corrected chi connectivity index (χ0v) is 16.1. The van der Waals surface area contributed by atoms with Crippen LogP contribution in [0.5, 0.6) is 0 Å². The molecule has 0 spiro atoms. The second kappa shape index (κ2) is 9.68. The van der Waals surface area contributed by atoms with Crippen LogP contribution in [0.1, 0.15) is 28.0 Å². The topological polar surface area (TPSA) is 91.6 Å². The third-order valence-corrected chi connectivity index (χ3v) is 4.07. The van der Waals surface area contributed by atoms with Crippen molar-refractivity contribution in [2.75, 3.05) is 32.5 Å². The van der Waals surface area contributed by atoms with Gasteiger partial charge in [0, 0.05) is 25.0 Å². The van der Waals surface area contributed by atoms with Crippen LogP contribution in [0, 0.1) is 6.92 Å². The van der Waals surface area contributed by atoms with Gasteiger partial charge in [0.05, 0.1) is 0 Å². The fourth-order valence-corrected chi connectivity index (χ4v) is 2.55. The minimum atomic E-state index is -0.568. The molecule has 0 saturated heterocycles. The van der Waals surface area contributed by atoms with Crippen LogP contribution in [0.4, 0.5) is 10.5 Å². The quantitative estimate of drug-likeness (QED) is 0.748. The molecule has 0 aliphatic heterocycles. The molecule has 0 aliphatic carbocycles. The van der Waals surface area contributed by atoms with Gasteiger partial charge in [-0.3, -0.25) is 9.78 Å². The molecule has 1 aromatic heterocycles. The summed E-state index contributed by atoms with van der Waals surface area (Å²) in [6, 6.07) is 10.9. The van der Waals surface area contributed by atoms with E-state index in [1.54, 1.807) is 23.2 Å². The zero-order chi connectivity index (χ0) is 19.8. The lowest BCUT2D eigenvalue weighted by Gasteiger charge is -2.24. The molecule has 144 valence electrons. The molecule has 7 nitrogen and oxygen atoms in total. The summed E-state index contributed by atoms with van der Waals surface area (Å²) in [5, 5.41) is 2.94. The monoisotopic (exact) mass is 369 g/mol. The number of nitrogens with zero attached hydrogens (tertiary/aromatic N) is 3. The highest BCUT2D eigenvalue weighted by Gasteiger charge is 2.15. The minimum Gasteiger partial charge on any atom is -0.364 e. The number of hydrogen-bond acceptors (Lipinski definition) is 4. The molecule has 2 rings (SSSR count). The first-order valence-electron chi connectivity index (χ1n) is 8.87. The van der Waals surface area contributed by atoms with Crippen LogP contribution in [0.25, 0.3) is 0 Å². The highest BCUT2D eigenvalue weighted by Crippen LogP contribution is 2.12. The van der Waals surface area contributed by atoms with Crippen molar-refractivity contribution in [2.45, 2.75) is 19.9 Å². The molecule has 0 atom stereocenters. The standard InChI is InChI=1S/C20H27N5O2/c1-15-5-8-17(9-6-15)23-20(27)25(12-4-11-24(2)3)14-16-7-10-18(19(21)26)22-13-16/h5-10,13H,4,11-12,14H2,1-3H3,(H2,21,26)(H,23,27). The van der Waals surface area contributed by atoms with Crippen LogP contribution >= 0.6 is 0 Å². The molecule has 27 heavy (non-hydrogen) atoms. The van der Waals surface area contributed by atoms with Gasteiger partial charge in [0.15, 0.2) is 0 Å². The lowest BCUT2D eigenvalue weighted by molar-refractivity contribution is 0.0995. The van der Waals surface area contributed by atoms with Crippen molar-refractivity contribution < 1.29 is 9.59 Å². The van der Waals surface area contributed by atoms with E-state index in [0.717, 1.165) is 29.8 Å². The van der Waals surface area contributed by atoms with E-state index in [1.807, 2.05) is 45.3 Å². The lowest BCUT2D eigenvalue weighted by atomic mass is 10.2. The van der Waals surface area contributed by atoms with Crippen molar-refractivity contribution in [2.24, 2.45) is 5.73 Å². The summed E-state index contributed by atoms with van der Waals surface area (Å²) >= 11 is 0. The van der Waals surface area contributed by atoms with Crippen molar-refractivity contribution in [3.8, 4) is 0 Å². The molecule has 3 N–H and O–H groups in total. The zero-order valence-electron chi connectivity index (χ0n) is 16.1. The SMILES string of the molecule is Cc1ccc(NC(=O)N(CCCN(C)C)Cc2ccc(C(N)=O)nc2)cc1. The summed E-state index contributed by atoms with van der Waals surface area (Å²) in [5.41, 5.74) is 8.16. The summed E-state index contributed by atoms with van der Waals surface area (Å²) in [6.45, 7) is 3.89. The van der Waals surface area contributed by atoms with Crippen LogP contribution in [-0.4, -0.2) is 53.9 Å². The third kappa shape index (κ3) is 6.71. The molecule has 7 heteroatoms. The summed E-state index contributed by atoms with van der Waals surface area (Å²) in [5.74, 6) is -0.568. The Kier molecular flexibility index (Phi) is 7.31. The number of anilines is 1. The first-order chi connectivity index (χ1) is 12.8. The number of hydrogen-bond donors (Lipinski definition) is 2. The van der Waals surface area contributed by atoms with E-state index in [-0.39, 0.29) is 11.7 Å². The maximum Gasteiger partial charge on any atom is 0.322 e. The summed E-state index contributed by atoms with van der Waals surface area (Å²) in [7, 11) is 4.01. The summed E-state index contributed by atoms with van der Waals surface area (Å²) in [4.78, 5) is 31.8. The van der Waals surface area contributed by atoms with Crippen LogP contribution in [0.2, 0.25) is 0 Å². The van der Waals surface area contributed by atoms with Gasteiger partial charge in [0.1, 0.15) is 5.69 Å². The molecule has 1 heterocycles. The van der Waals surface area contributed by atoms with E-state index in [9.17, 15) is 9.59 Å². The number of pyridine rings is 1. The number of carbonyl (C=O) groups excluding carboxylic acids is 2. The van der Waals surface area contributed by atoms with Gasteiger partial charge < -0.3 is 20.9 Å². The van der Waals surface area contributed by atoms with Gasteiger partial charge in [0.25, 0.3) is 5.91 Å². The number of primary amides is 1. The third-order valence-electron chi connectivity index (χ3n) is 4.07. The highest BCUT2D eigenvalue weighted by atomic mass is 16.2. The van der Waals surface area contributed by atoms with Gasteiger partial charge in [-0.05, 0) is 57.7 Å². The Hall–Kier alpha value is -2.93. The second-order valence-electron chi connectivity index (χ2n) is 6.79. The number of rotatable bonds is 8. The predicted octanol–water partition coefficient (Wildman–Crippen LogP) is 2.47. The average molecular weight is 369 g/mol. The van der Waals surface area contributed by atoms with Crippen molar-refractivity contribution in [3.63, 3.8) is 0 Å². The van der Waals surface area contributed by atoms with Gasteiger partial charge in [-0.2, -0.15) is 0 Å². The molecule has 0 radical (unpaired) electrons. The average Bonchev–Trinajstić information content (AvgIpc) is 2.63. The van der Waals surface area contributed by atoms with Crippen molar-refractivity contribution in [1.82, 2.24) is 14.8 Å². The van der Waals surface area contributed by atoms with E-state index in [1.165, 1.54) is 0 Å². The molecule has 2 aromatic rings. The number of carbonyl (C=O) groups is 2. The molecule has 1 aromatic carbocycles. The molecule has 3 amide bonds. The predicted molar refractivity (Wildman–Crippen MR) is 107 cm³/mol. The van der Waals surface area contributed by atoms with Crippen LogP contribution < -0.4 is 11.1 Å². The molecular weight excluding hydrogens is 342 g/mol. The first-order valence-corrected chi connectivity index (χ1v) is 8.87. The Balaban J connectivity index is 2.07. The number of benzene rings is 1. The van der Waals surface area contributed by atoms with Crippen molar-refractivity contribution in [3.05, 3.63) is 59.4 Å². The van der Waals surface area contributed by atoms with E-state index in [4.69, 9.17) is 5.73 Å². The molecule has 0 aliphatic rings. The first kappa shape index (κ1) is 20.4. The maximum atomic E-state index is 12.8. The van der Waals surface area contributed by atoms with Gasteiger partial charge >= 0.3 is 6.03 Å². The van der Waals surface area contributed by atoms with Crippen molar-refractivity contribution in [1.29, 1.82) is 0 Å². The molecule has 0 saturated carbocycles. The second-order valence-corrected chi connectivity index (χ2v) is 6.79. The Labute approximate surface area is 160 Å². The normalized spacial score (nSPS) is 10.7. The van der Waals surface area contributed by atoms with Crippen molar-refractivity contribution >= 4 is 17.6 Å². The van der Waals surface area contributed by atoms with Gasteiger partial charge in [-0.15, -0.1) is 0 Å². The van der Waals surface area contributed by atoms with E-state index >= 15 is 0 Å². The molecule has 0 unspecified atom stereocenters. The Morgan fingerprint density at radius 2 is 1.78 bits per heavy atom. The summed E-state index contributed by atoms with van der Waals surface area (Å²) < 4.78 is 0. The maximum absolute atomic E-state index is 12.8. The fraction of sp³-hybridized carbons (Fsp3) is 0.350. The number of nitrogens with one attached hydrogen (secondary N) is 1. The Morgan fingerprint density at radius 1 is 1.07 bits per heavy atom. The number of aromatic nitrogens is 1. The van der Waals surface area contributed by atoms with Crippen LogP contribution in [-0.2, 0) is 6.54 Å². The molecule has 0 fully saturated rings. The Morgan fingerprint density at radius 3 is 2.33 bits per heavy atom. The van der Waals surface area contributed by atoms with Crippen LogP contribution in [0.3, 0.4) is 0 Å². The number of aryl methyl sites for hydroxylation is 1.